The zero-order chi connectivity index (χ0) is 19.1. The maximum absolute atomic E-state index is 12.3. The van der Waals surface area contributed by atoms with E-state index in [0.717, 1.165) is 16.9 Å². The Balaban J connectivity index is 1.82. The molecular weight excluding hydrogens is 350 g/mol. The highest BCUT2D eigenvalue weighted by Crippen LogP contribution is 2.28. The van der Waals surface area contributed by atoms with E-state index in [4.69, 9.17) is 21.1 Å². The molecule has 0 spiro atoms. The number of ether oxygens (including phenoxy) is 2. The molecule has 0 aliphatic heterocycles. The molecule has 0 aliphatic rings. The molecule has 0 bridgehead atoms. The molecule has 0 unspecified atom stereocenters. The van der Waals surface area contributed by atoms with Gasteiger partial charge in [0.05, 0.1) is 6.54 Å². The first kappa shape index (κ1) is 20.1. The highest BCUT2D eigenvalue weighted by atomic mass is 35.5. The molecule has 0 radical (unpaired) electrons. The first-order valence-electron chi connectivity index (χ1n) is 8.80. The number of hydrogen-bond donors (Lipinski definition) is 1. The smallest absolute Gasteiger partial charge is 0.260 e. The van der Waals surface area contributed by atoms with Gasteiger partial charge in [-0.05, 0) is 61.2 Å². The first-order valence-corrected chi connectivity index (χ1v) is 9.18. The molecule has 0 saturated heterocycles. The highest BCUT2D eigenvalue weighted by molar-refractivity contribution is 6.30. The number of rotatable bonds is 8. The Morgan fingerprint density at radius 2 is 1.81 bits per heavy atom. The van der Waals surface area contributed by atoms with E-state index in [9.17, 15) is 4.79 Å². The number of halogens is 1. The quantitative estimate of drug-likeness (QED) is 0.678. The van der Waals surface area contributed by atoms with Gasteiger partial charge < -0.3 is 14.8 Å². The molecule has 0 saturated carbocycles. The summed E-state index contributed by atoms with van der Waals surface area (Å²) in [4.78, 5) is 12.3. The van der Waals surface area contributed by atoms with Crippen molar-refractivity contribution in [2.45, 2.75) is 39.7 Å². The van der Waals surface area contributed by atoms with E-state index < -0.39 is 6.10 Å². The second kappa shape index (κ2) is 9.48. The molecule has 1 amide bonds. The second-order valence-electron chi connectivity index (χ2n) is 6.55. The largest absolute Gasteiger partial charge is 0.492 e. The van der Waals surface area contributed by atoms with Crippen molar-refractivity contribution >= 4 is 17.5 Å². The van der Waals surface area contributed by atoms with Crippen LogP contribution in [-0.4, -0.2) is 25.2 Å². The molecule has 2 aromatic rings. The van der Waals surface area contributed by atoms with Crippen molar-refractivity contribution in [3.63, 3.8) is 0 Å². The van der Waals surface area contributed by atoms with E-state index in [1.807, 2.05) is 13.0 Å². The maximum atomic E-state index is 12.3. The van der Waals surface area contributed by atoms with Crippen LogP contribution >= 0.6 is 11.6 Å². The van der Waals surface area contributed by atoms with Crippen molar-refractivity contribution in [3.05, 3.63) is 58.6 Å². The Bertz CT molecular complexity index is 729. The molecule has 2 rings (SSSR count). The monoisotopic (exact) mass is 375 g/mol. The van der Waals surface area contributed by atoms with E-state index in [-0.39, 0.29) is 5.91 Å². The van der Waals surface area contributed by atoms with Gasteiger partial charge in [-0.15, -0.1) is 0 Å². The summed E-state index contributed by atoms with van der Waals surface area (Å²) in [5.41, 5.74) is 2.20. The molecule has 1 N–H and O–H groups in total. The third-order valence-electron chi connectivity index (χ3n) is 3.95. The third-order valence-corrected chi connectivity index (χ3v) is 4.20. The summed E-state index contributed by atoms with van der Waals surface area (Å²) in [7, 11) is 0. The summed E-state index contributed by atoms with van der Waals surface area (Å²) in [5, 5.41) is 3.49. The fourth-order valence-electron chi connectivity index (χ4n) is 2.48. The Morgan fingerprint density at radius 1 is 1.12 bits per heavy atom. The predicted octanol–water partition coefficient (Wildman–Crippen LogP) is 4.73. The van der Waals surface area contributed by atoms with Crippen molar-refractivity contribution in [3.8, 4) is 11.5 Å². The Hall–Kier alpha value is -2.20. The molecule has 0 heterocycles. The zero-order valence-corrected chi connectivity index (χ0v) is 16.5. The van der Waals surface area contributed by atoms with E-state index in [0.29, 0.717) is 29.8 Å². The summed E-state index contributed by atoms with van der Waals surface area (Å²) in [6.45, 7) is 8.76. The lowest BCUT2D eigenvalue weighted by Gasteiger charge is -2.19. The van der Waals surface area contributed by atoms with Crippen LogP contribution < -0.4 is 14.8 Å². The molecule has 5 heteroatoms. The van der Waals surface area contributed by atoms with Crippen LogP contribution in [0.25, 0.3) is 0 Å². The lowest BCUT2D eigenvalue weighted by Crippen LogP contribution is -2.38. The predicted molar refractivity (Wildman–Crippen MR) is 105 cm³/mol. The number of amides is 1. The number of nitrogens with one attached hydrogen (secondary N) is 1. The minimum absolute atomic E-state index is 0.166. The minimum Gasteiger partial charge on any atom is -0.492 e. The van der Waals surface area contributed by atoms with Crippen molar-refractivity contribution in [2.75, 3.05) is 13.2 Å². The zero-order valence-electron chi connectivity index (χ0n) is 15.7. The molecular formula is C21H26ClNO3. The summed E-state index contributed by atoms with van der Waals surface area (Å²) >= 11 is 5.83. The molecule has 0 fully saturated rings. The molecule has 0 aromatic heterocycles. The first-order chi connectivity index (χ1) is 12.4. The Kier molecular flexibility index (Phi) is 7.34. The SMILES string of the molecule is Cc1ccc(C(C)C)c(O[C@@H](C)C(=O)NCCOc2ccc(Cl)cc2)c1. The fourth-order valence-corrected chi connectivity index (χ4v) is 2.61. The second-order valence-corrected chi connectivity index (χ2v) is 6.99. The van der Waals surface area contributed by atoms with Gasteiger partial charge in [0.1, 0.15) is 18.1 Å². The number of aryl methyl sites for hydroxylation is 1. The van der Waals surface area contributed by atoms with Crippen LogP contribution in [0.5, 0.6) is 11.5 Å². The summed E-state index contributed by atoms with van der Waals surface area (Å²) in [6.07, 6.45) is -0.579. The average Bonchev–Trinajstić information content (AvgIpc) is 2.59. The van der Waals surface area contributed by atoms with Gasteiger partial charge >= 0.3 is 0 Å². The molecule has 26 heavy (non-hydrogen) atoms. The van der Waals surface area contributed by atoms with Gasteiger partial charge in [0.15, 0.2) is 6.10 Å². The van der Waals surface area contributed by atoms with Crippen LogP contribution in [-0.2, 0) is 4.79 Å². The van der Waals surface area contributed by atoms with Crippen LogP contribution in [0, 0.1) is 6.92 Å². The van der Waals surface area contributed by atoms with Crippen LogP contribution in [0.3, 0.4) is 0 Å². The normalized spacial score (nSPS) is 11.9. The summed E-state index contributed by atoms with van der Waals surface area (Å²) < 4.78 is 11.5. The van der Waals surface area contributed by atoms with Crippen molar-refractivity contribution in [2.24, 2.45) is 0 Å². The Morgan fingerprint density at radius 3 is 2.46 bits per heavy atom. The van der Waals surface area contributed by atoms with Crippen LogP contribution in [0.2, 0.25) is 5.02 Å². The highest BCUT2D eigenvalue weighted by Gasteiger charge is 2.17. The maximum Gasteiger partial charge on any atom is 0.260 e. The molecule has 2 aromatic carbocycles. The number of carbonyl (C=O) groups is 1. The van der Waals surface area contributed by atoms with Gasteiger partial charge in [0, 0.05) is 5.02 Å². The van der Waals surface area contributed by atoms with Crippen LogP contribution in [0.15, 0.2) is 42.5 Å². The number of carbonyl (C=O) groups excluding carboxylic acids is 1. The van der Waals surface area contributed by atoms with Gasteiger partial charge in [0.25, 0.3) is 5.91 Å². The topological polar surface area (TPSA) is 47.6 Å². The van der Waals surface area contributed by atoms with Gasteiger partial charge in [-0.1, -0.05) is 37.6 Å². The van der Waals surface area contributed by atoms with E-state index in [1.54, 1.807) is 31.2 Å². The van der Waals surface area contributed by atoms with E-state index in [1.165, 1.54) is 0 Å². The minimum atomic E-state index is -0.579. The van der Waals surface area contributed by atoms with Gasteiger partial charge in [-0.3, -0.25) is 4.79 Å². The van der Waals surface area contributed by atoms with E-state index in [2.05, 4.69) is 31.3 Å². The summed E-state index contributed by atoms with van der Waals surface area (Å²) in [6, 6.07) is 13.2. The number of benzene rings is 2. The van der Waals surface area contributed by atoms with Crippen LogP contribution in [0.4, 0.5) is 0 Å². The fraction of sp³-hybridized carbons (Fsp3) is 0.381. The average molecular weight is 376 g/mol. The molecule has 140 valence electrons. The molecule has 4 nitrogen and oxygen atoms in total. The lowest BCUT2D eigenvalue weighted by atomic mass is 10.0. The van der Waals surface area contributed by atoms with Gasteiger partial charge in [-0.2, -0.15) is 0 Å². The third kappa shape index (κ3) is 5.95. The Labute approximate surface area is 160 Å². The van der Waals surface area contributed by atoms with Gasteiger partial charge in [-0.25, -0.2) is 0 Å². The van der Waals surface area contributed by atoms with E-state index >= 15 is 0 Å². The van der Waals surface area contributed by atoms with Crippen LogP contribution in [0.1, 0.15) is 37.8 Å². The van der Waals surface area contributed by atoms with Gasteiger partial charge in [0.2, 0.25) is 0 Å². The van der Waals surface area contributed by atoms with Crippen molar-refractivity contribution in [1.29, 1.82) is 0 Å². The van der Waals surface area contributed by atoms with Crippen molar-refractivity contribution in [1.82, 2.24) is 5.32 Å². The molecule has 1 atom stereocenters. The number of hydrogen-bond acceptors (Lipinski definition) is 3. The van der Waals surface area contributed by atoms with Crippen molar-refractivity contribution < 1.29 is 14.3 Å². The molecule has 0 aliphatic carbocycles. The summed E-state index contributed by atoms with van der Waals surface area (Å²) in [5.74, 6) is 1.64. The standard InChI is InChI=1S/C21H26ClNO3/c1-14(2)19-10-5-15(3)13-20(19)26-16(4)21(24)23-11-12-25-18-8-6-17(22)7-9-18/h5-10,13-14,16H,11-12H2,1-4H3,(H,23,24)/t16-/m0/s1. The lowest BCUT2D eigenvalue weighted by molar-refractivity contribution is -0.127.